The quantitative estimate of drug-likeness (QED) is 0.525. The number of hydrogen-bond acceptors (Lipinski definition) is 5. The molecule has 0 N–H and O–H groups in total. The van der Waals surface area contributed by atoms with E-state index in [9.17, 15) is 4.79 Å². The molecule has 1 aromatic heterocycles. The molecule has 6 heteroatoms. The highest BCUT2D eigenvalue weighted by Crippen LogP contribution is 2.28. The Bertz CT molecular complexity index is 905. The number of ether oxygens (including phenoxy) is 2. The van der Waals surface area contributed by atoms with Crippen molar-refractivity contribution in [3.63, 3.8) is 0 Å². The number of rotatable bonds is 9. The fourth-order valence-electron chi connectivity index (χ4n) is 3.15. The number of methoxy groups -OCH3 is 2. The van der Waals surface area contributed by atoms with Gasteiger partial charge in [-0.05, 0) is 49.6 Å². The Morgan fingerprint density at radius 1 is 1.11 bits per heavy atom. The summed E-state index contributed by atoms with van der Waals surface area (Å²) in [7, 11) is 3.23. The van der Waals surface area contributed by atoms with Crippen LogP contribution in [-0.4, -0.2) is 36.6 Å². The SMILES string of the molecule is CCN(Cc1ccc(OC)c(OC)c1)C(=O)CCCc1nc2ccccc2s1. The second kappa shape index (κ2) is 9.55. The van der Waals surface area contributed by atoms with Crippen molar-refractivity contribution in [3.8, 4) is 11.5 Å². The molecule has 0 atom stereocenters. The first-order valence-electron chi connectivity index (χ1n) is 9.47. The first kappa shape index (κ1) is 20.1. The van der Waals surface area contributed by atoms with Crippen LogP contribution in [0.3, 0.4) is 0 Å². The van der Waals surface area contributed by atoms with Crippen LogP contribution in [0.1, 0.15) is 30.3 Å². The molecule has 3 rings (SSSR count). The summed E-state index contributed by atoms with van der Waals surface area (Å²) in [6.07, 6.45) is 2.16. The highest BCUT2D eigenvalue weighted by Gasteiger charge is 2.14. The van der Waals surface area contributed by atoms with Crippen LogP contribution >= 0.6 is 11.3 Å². The van der Waals surface area contributed by atoms with E-state index in [0.29, 0.717) is 31.0 Å². The fourth-order valence-corrected chi connectivity index (χ4v) is 4.16. The zero-order chi connectivity index (χ0) is 19.9. The van der Waals surface area contributed by atoms with Crippen molar-refractivity contribution >= 4 is 27.5 Å². The van der Waals surface area contributed by atoms with Crippen LogP contribution in [0, 0.1) is 0 Å². The Morgan fingerprint density at radius 3 is 2.61 bits per heavy atom. The Labute approximate surface area is 169 Å². The van der Waals surface area contributed by atoms with Gasteiger partial charge in [-0.3, -0.25) is 4.79 Å². The summed E-state index contributed by atoms with van der Waals surface area (Å²) in [5.74, 6) is 1.54. The maximum absolute atomic E-state index is 12.7. The van der Waals surface area contributed by atoms with Crippen molar-refractivity contribution in [1.29, 1.82) is 0 Å². The van der Waals surface area contributed by atoms with E-state index in [-0.39, 0.29) is 5.91 Å². The number of aromatic nitrogens is 1. The number of hydrogen-bond donors (Lipinski definition) is 0. The van der Waals surface area contributed by atoms with Crippen molar-refractivity contribution < 1.29 is 14.3 Å². The number of thiazole rings is 1. The van der Waals surface area contributed by atoms with Crippen molar-refractivity contribution in [3.05, 3.63) is 53.0 Å². The van der Waals surface area contributed by atoms with Gasteiger partial charge in [-0.1, -0.05) is 18.2 Å². The monoisotopic (exact) mass is 398 g/mol. The van der Waals surface area contributed by atoms with E-state index in [1.165, 1.54) is 4.70 Å². The molecule has 148 valence electrons. The molecular formula is C22H26N2O3S. The van der Waals surface area contributed by atoms with Crippen molar-refractivity contribution in [1.82, 2.24) is 9.88 Å². The Morgan fingerprint density at radius 2 is 1.89 bits per heavy atom. The van der Waals surface area contributed by atoms with Gasteiger partial charge in [-0.25, -0.2) is 4.98 Å². The molecule has 28 heavy (non-hydrogen) atoms. The molecule has 1 amide bonds. The molecule has 0 bridgehead atoms. The number of carbonyl (C=O) groups is 1. The number of fused-ring (bicyclic) bond motifs is 1. The minimum absolute atomic E-state index is 0.165. The molecule has 0 aliphatic carbocycles. The van der Waals surface area contributed by atoms with Gasteiger partial charge >= 0.3 is 0 Å². The highest BCUT2D eigenvalue weighted by atomic mass is 32.1. The third-order valence-corrected chi connectivity index (χ3v) is 5.77. The van der Waals surface area contributed by atoms with Crippen molar-refractivity contribution in [2.75, 3.05) is 20.8 Å². The molecular weight excluding hydrogens is 372 g/mol. The van der Waals surface area contributed by atoms with Gasteiger partial charge in [0.1, 0.15) is 0 Å². The lowest BCUT2D eigenvalue weighted by atomic mass is 10.1. The summed E-state index contributed by atoms with van der Waals surface area (Å²) in [6.45, 7) is 3.25. The highest BCUT2D eigenvalue weighted by molar-refractivity contribution is 7.18. The predicted molar refractivity (Wildman–Crippen MR) is 113 cm³/mol. The molecule has 5 nitrogen and oxygen atoms in total. The molecule has 0 unspecified atom stereocenters. The molecule has 0 aliphatic heterocycles. The van der Waals surface area contributed by atoms with Gasteiger partial charge in [0.2, 0.25) is 5.91 Å². The lowest BCUT2D eigenvalue weighted by molar-refractivity contribution is -0.131. The lowest BCUT2D eigenvalue weighted by Crippen LogP contribution is -2.30. The molecule has 0 radical (unpaired) electrons. The Balaban J connectivity index is 1.56. The summed E-state index contributed by atoms with van der Waals surface area (Å²) >= 11 is 1.71. The van der Waals surface area contributed by atoms with E-state index >= 15 is 0 Å². The van der Waals surface area contributed by atoms with E-state index in [1.54, 1.807) is 25.6 Å². The summed E-state index contributed by atoms with van der Waals surface area (Å²) in [5, 5.41) is 1.09. The van der Waals surface area contributed by atoms with Gasteiger partial charge in [0.15, 0.2) is 11.5 Å². The van der Waals surface area contributed by atoms with Gasteiger partial charge in [-0.2, -0.15) is 0 Å². The first-order chi connectivity index (χ1) is 13.6. The molecule has 0 spiro atoms. The molecule has 0 saturated heterocycles. The summed E-state index contributed by atoms with van der Waals surface area (Å²) in [5.41, 5.74) is 2.07. The van der Waals surface area contributed by atoms with Gasteiger partial charge in [-0.15, -0.1) is 11.3 Å². The average Bonchev–Trinajstić information content (AvgIpc) is 3.14. The number of carbonyl (C=O) groups excluding carboxylic acids is 1. The molecule has 0 saturated carbocycles. The smallest absolute Gasteiger partial charge is 0.222 e. The molecule has 0 aliphatic rings. The molecule has 1 heterocycles. The van der Waals surface area contributed by atoms with E-state index < -0.39 is 0 Å². The van der Waals surface area contributed by atoms with Crippen LogP contribution in [0.4, 0.5) is 0 Å². The van der Waals surface area contributed by atoms with Gasteiger partial charge in [0.25, 0.3) is 0 Å². The maximum Gasteiger partial charge on any atom is 0.222 e. The third-order valence-electron chi connectivity index (χ3n) is 4.68. The zero-order valence-corrected chi connectivity index (χ0v) is 17.4. The predicted octanol–water partition coefficient (Wildman–Crippen LogP) is 4.68. The first-order valence-corrected chi connectivity index (χ1v) is 10.3. The van der Waals surface area contributed by atoms with Gasteiger partial charge < -0.3 is 14.4 Å². The Hall–Kier alpha value is -2.60. The fraction of sp³-hybridized carbons (Fsp3) is 0.364. The molecule has 0 fully saturated rings. The number of nitrogens with zero attached hydrogens (tertiary/aromatic N) is 2. The maximum atomic E-state index is 12.7. The average molecular weight is 399 g/mol. The largest absolute Gasteiger partial charge is 0.493 e. The minimum Gasteiger partial charge on any atom is -0.493 e. The van der Waals surface area contributed by atoms with E-state index in [2.05, 4.69) is 11.1 Å². The molecule has 3 aromatic rings. The number of para-hydroxylation sites is 1. The van der Waals surface area contributed by atoms with Crippen LogP contribution in [0.5, 0.6) is 11.5 Å². The normalized spacial score (nSPS) is 10.8. The molecule has 2 aromatic carbocycles. The van der Waals surface area contributed by atoms with Gasteiger partial charge in [0.05, 0.1) is 29.4 Å². The van der Waals surface area contributed by atoms with Crippen LogP contribution in [-0.2, 0) is 17.8 Å². The topological polar surface area (TPSA) is 51.7 Å². The van der Waals surface area contributed by atoms with Crippen molar-refractivity contribution in [2.24, 2.45) is 0 Å². The zero-order valence-electron chi connectivity index (χ0n) is 16.6. The van der Waals surface area contributed by atoms with Crippen LogP contribution < -0.4 is 9.47 Å². The van der Waals surface area contributed by atoms with E-state index in [0.717, 1.165) is 28.9 Å². The number of aryl methyl sites for hydroxylation is 1. The summed E-state index contributed by atoms with van der Waals surface area (Å²) < 4.78 is 11.8. The second-order valence-electron chi connectivity index (χ2n) is 6.53. The van der Waals surface area contributed by atoms with Crippen molar-refractivity contribution in [2.45, 2.75) is 32.7 Å². The number of benzene rings is 2. The number of amides is 1. The second-order valence-corrected chi connectivity index (χ2v) is 7.64. The lowest BCUT2D eigenvalue weighted by Gasteiger charge is -2.21. The Kier molecular flexibility index (Phi) is 6.87. The van der Waals surface area contributed by atoms with Crippen LogP contribution in [0.25, 0.3) is 10.2 Å². The minimum atomic E-state index is 0.165. The summed E-state index contributed by atoms with van der Waals surface area (Å²) in [6, 6.07) is 13.9. The summed E-state index contributed by atoms with van der Waals surface area (Å²) in [4.78, 5) is 19.2. The van der Waals surface area contributed by atoms with Crippen LogP contribution in [0.15, 0.2) is 42.5 Å². The van der Waals surface area contributed by atoms with E-state index in [1.807, 2.05) is 48.2 Å². The third kappa shape index (κ3) is 4.81. The van der Waals surface area contributed by atoms with Crippen LogP contribution in [0.2, 0.25) is 0 Å². The standard InChI is InChI=1S/C22H26N2O3S/c1-4-24(15-16-12-13-18(26-2)19(14-16)27-3)22(25)11-7-10-21-23-17-8-5-6-9-20(17)28-21/h5-6,8-9,12-14H,4,7,10-11,15H2,1-3H3. The van der Waals surface area contributed by atoms with Gasteiger partial charge in [0, 0.05) is 19.5 Å². The van der Waals surface area contributed by atoms with E-state index in [4.69, 9.17) is 9.47 Å².